The van der Waals surface area contributed by atoms with E-state index < -0.39 is 0 Å². The molecule has 1 rings (SSSR count). The van der Waals surface area contributed by atoms with Gasteiger partial charge in [-0.1, -0.05) is 12.1 Å². The van der Waals surface area contributed by atoms with E-state index in [2.05, 4.69) is 10.6 Å². The maximum Gasteiger partial charge on any atom is 0.147 e. The van der Waals surface area contributed by atoms with Crippen LogP contribution in [0, 0.1) is 0 Å². The van der Waals surface area contributed by atoms with Crippen molar-refractivity contribution in [2.45, 2.75) is 19.4 Å². The van der Waals surface area contributed by atoms with E-state index >= 15 is 0 Å². The molecule has 2 N–H and O–H groups in total. The molecule has 208 valence electrons. The summed E-state index contributed by atoms with van der Waals surface area (Å²) in [6, 6.07) is 7.72. The van der Waals surface area contributed by atoms with Crippen molar-refractivity contribution in [2.24, 2.45) is 0 Å². The summed E-state index contributed by atoms with van der Waals surface area (Å²) in [7, 11) is 3.45. The zero-order valence-corrected chi connectivity index (χ0v) is 22.3. The molecule has 1 aromatic rings. The Hall–Kier alpha value is -1.63. The van der Waals surface area contributed by atoms with E-state index in [4.69, 9.17) is 33.2 Å². The van der Waals surface area contributed by atoms with Crippen molar-refractivity contribution in [2.75, 3.05) is 107 Å². The summed E-state index contributed by atoms with van der Waals surface area (Å²) in [6.07, 6.45) is 0.676. The molecule has 1 aromatic carbocycles. The van der Waals surface area contributed by atoms with Gasteiger partial charge >= 0.3 is 0 Å². The van der Waals surface area contributed by atoms with Gasteiger partial charge in [-0.3, -0.25) is 4.79 Å². The zero-order valence-electron chi connectivity index (χ0n) is 22.3. The number of hydrogen-bond donors (Lipinski definition) is 2. The third-order valence-electron chi connectivity index (χ3n) is 5.09. The lowest BCUT2D eigenvalue weighted by Gasteiger charge is -2.13. The molecule has 0 amide bonds. The molecule has 0 heterocycles. The molecule has 10 nitrogen and oxygen atoms in total. The number of carbonyl (C=O) groups excluding carboxylic acids is 1. The Morgan fingerprint density at radius 3 is 1.67 bits per heavy atom. The monoisotopic (exact) mass is 514 g/mol. The summed E-state index contributed by atoms with van der Waals surface area (Å²) in [5, 5.41) is 6.32. The topological polar surface area (TPSA) is 106 Å². The number of ketones is 1. The minimum atomic E-state index is -0.150. The SMILES string of the molecule is CNC(Cc1ccc(OCCNCCOCCOCCOCCOCCOCCOC)cc1)C(C)=O. The molecule has 0 aromatic heterocycles. The molecule has 0 fully saturated rings. The first-order chi connectivity index (χ1) is 17.7. The Bertz CT molecular complexity index is 633. The predicted octanol–water partition coefficient (Wildman–Crippen LogP) is 1.10. The fourth-order valence-electron chi connectivity index (χ4n) is 3.04. The van der Waals surface area contributed by atoms with Crippen molar-refractivity contribution in [3.8, 4) is 5.75 Å². The summed E-state index contributed by atoms with van der Waals surface area (Å²) in [4.78, 5) is 11.5. The van der Waals surface area contributed by atoms with Crippen LogP contribution in [0.1, 0.15) is 12.5 Å². The van der Waals surface area contributed by atoms with Crippen LogP contribution in [0.5, 0.6) is 5.75 Å². The maximum absolute atomic E-state index is 11.5. The first-order valence-corrected chi connectivity index (χ1v) is 12.6. The van der Waals surface area contributed by atoms with Crippen molar-refractivity contribution in [3.05, 3.63) is 29.8 Å². The highest BCUT2D eigenvalue weighted by atomic mass is 16.6. The number of benzene rings is 1. The summed E-state index contributed by atoms with van der Waals surface area (Å²) >= 11 is 0. The van der Waals surface area contributed by atoms with Crippen LogP contribution in [0.25, 0.3) is 0 Å². The average Bonchev–Trinajstić information content (AvgIpc) is 2.88. The quantitative estimate of drug-likeness (QED) is 0.175. The van der Waals surface area contributed by atoms with Gasteiger partial charge < -0.3 is 43.8 Å². The fraction of sp³-hybridized carbons (Fsp3) is 0.731. The van der Waals surface area contributed by atoms with Gasteiger partial charge in [-0.25, -0.2) is 0 Å². The standard InChI is InChI=1S/C26H46N2O8/c1-23(29)26(27-2)22-24-4-6-25(7-5-24)36-11-9-28-8-10-31-14-15-33-18-19-35-21-20-34-17-16-32-13-12-30-3/h4-7,26-28H,8-22H2,1-3H3. The van der Waals surface area contributed by atoms with Gasteiger partial charge in [0.15, 0.2) is 0 Å². The Morgan fingerprint density at radius 2 is 1.19 bits per heavy atom. The normalized spacial score (nSPS) is 12.1. The number of rotatable bonds is 26. The van der Waals surface area contributed by atoms with E-state index in [-0.39, 0.29) is 11.8 Å². The van der Waals surface area contributed by atoms with Crippen molar-refractivity contribution in [1.29, 1.82) is 0 Å². The zero-order chi connectivity index (χ0) is 26.1. The van der Waals surface area contributed by atoms with E-state index in [0.29, 0.717) is 85.7 Å². The van der Waals surface area contributed by atoms with Gasteiger partial charge in [0, 0.05) is 20.2 Å². The van der Waals surface area contributed by atoms with Gasteiger partial charge in [0.05, 0.1) is 78.7 Å². The summed E-state index contributed by atoms with van der Waals surface area (Å²) < 4.78 is 37.8. The highest BCUT2D eigenvalue weighted by Crippen LogP contribution is 2.13. The number of carbonyl (C=O) groups is 1. The lowest BCUT2D eigenvalue weighted by molar-refractivity contribution is -0.118. The Labute approximate surface area is 216 Å². The van der Waals surface area contributed by atoms with Gasteiger partial charge in [-0.05, 0) is 38.1 Å². The molecule has 0 aliphatic carbocycles. The van der Waals surface area contributed by atoms with Crippen molar-refractivity contribution in [3.63, 3.8) is 0 Å². The third kappa shape index (κ3) is 18.6. The smallest absolute Gasteiger partial charge is 0.147 e. The van der Waals surface area contributed by atoms with Crippen molar-refractivity contribution >= 4 is 5.78 Å². The van der Waals surface area contributed by atoms with Gasteiger partial charge in [0.25, 0.3) is 0 Å². The van der Waals surface area contributed by atoms with Crippen molar-refractivity contribution < 1.29 is 38.0 Å². The second kappa shape index (κ2) is 23.7. The number of Topliss-reactive ketones (excluding diaryl/α,β-unsaturated/α-hetero) is 1. The van der Waals surface area contributed by atoms with Crippen LogP contribution in [0.3, 0.4) is 0 Å². The Morgan fingerprint density at radius 1 is 0.722 bits per heavy atom. The maximum atomic E-state index is 11.5. The highest BCUT2D eigenvalue weighted by Gasteiger charge is 2.11. The van der Waals surface area contributed by atoms with E-state index in [0.717, 1.165) is 24.4 Å². The Balaban J connectivity index is 1.82. The summed E-state index contributed by atoms with van der Waals surface area (Å²) in [5.41, 5.74) is 1.10. The minimum Gasteiger partial charge on any atom is -0.492 e. The van der Waals surface area contributed by atoms with Gasteiger partial charge in [-0.2, -0.15) is 0 Å². The first kappa shape index (κ1) is 32.4. The summed E-state index contributed by atoms with van der Waals surface area (Å²) in [5.74, 6) is 0.956. The second-order valence-corrected chi connectivity index (χ2v) is 7.95. The molecule has 0 spiro atoms. The molecule has 0 aliphatic rings. The van der Waals surface area contributed by atoms with Crippen LogP contribution in [0.2, 0.25) is 0 Å². The van der Waals surface area contributed by atoms with Gasteiger partial charge in [0.1, 0.15) is 18.1 Å². The molecular formula is C26H46N2O8. The molecule has 0 bridgehead atoms. The second-order valence-electron chi connectivity index (χ2n) is 7.95. The lowest BCUT2D eigenvalue weighted by atomic mass is 10.0. The molecule has 0 saturated carbocycles. The molecule has 1 atom stereocenters. The molecule has 1 unspecified atom stereocenters. The van der Waals surface area contributed by atoms with Crippen LogP contribution >= 0.6 is 0 Å². The number of methoxy groups -OCH3 is 1. The predicted molar refractivity (Wildman–Crippen MR) is 138 cm³/mol. The highest BCUT2D eigenvalue weighted by molar-refractivity contribution is 5.81. The number of likely N-dealkylation sites (N-methyl/N-ethyl adjacent to an activating group) is 1. The molecule has 0 aliphatic heterocycles. The Kier molecular flexibility index (Phi) is 21.4. The van der Waals surface area contributed by atoms with Crippen LogP contribution in [0.4, 0.5) is 0 Å². The molecule has 0 radical (unpaired) electrons. The lowest BCUT2D eigenvalue weighted by Crippen LogP contribution is -2.34. The number of ether oxygens (including phenoxy) is 7. The molecule has 10 heteroatoms. The number of hydrogen-bond acceptors (Lipinski definition) is 10. The van der Waals surface area contributed by atoms with Crippen LogP contribution in [0.15, 0.2) is 24.3 Å². The largest absolute Gasteiger partial charge is 0.492 e. The van der Waals surface area contributed by atoms with Crippen LogP contribution in [-0.2, 0) is 39.6 Å². The minimum absolute atomic E-state index is 0.139. The van der Waals surface area contributed by atoms with Gasteiger partial charge in [0.2, 0.25) is 0 Å². The van der Waals surface area contributed by atoms with E-state index in [1.54, 1.807) is 21.1 Å². The summed E-state index contributed by atoms with van der Waals surface area (Å²) in [6.45, 7) is 9.81. The van der Waals surface area contributed by atoms with Gasteiger partial charge in [-0.15, -0.1) is 0 Å². The number of nitrogens with one attached hydrogen (secondary N) is 2. The van der Waals surface area contributed by atoms with Crippen LogP contribution in [-0.4, -0.2) is 118 Å². The van der Waals surface area contributed by atoms with Crippen LogP contribution < -0.4 is 15.4 Å². The van der Waals surface area contributed by atoms with E-state index in [1.165, 1.54) is 0 Å². The van der Waals surface area contributed by atoms with E-state index in [9.17, 15) is 4.79 Å². The third-order valence-corrected chi connectivity index (χ3v) is 5.09. The average molecular weight is 515 g/mol. The first-order valence-electron chi connectivity index (χ1n) is 12.6. The van der Waals surface area contributed by atoms with E-state index in [1.807, 2.05) is 24.3 Å². The molecular weight excluding hydrogens is 468 g/mol. The van der Waals surface area contributed by atoms with Crippen molar-refractivity contribution in [1.82, 2.24) is 10.6 Å². The molecule has 36 heavy (non-hydrogen) atoms. The molecule has 0 saturated heterocycles. The fourth-order valence-corrected chi connectivity index (χ4v) is 3.04.